The van der Waals surface area contributed by atoms with Gasteiger partial charge in [0.15, 0.2) is 0 Å². The van der Waals surface area contributed by atoms with Gasteiger partial charge in [0.1, 0.15) is 5.76 Å². The average Bonchev–Trinajstić information content (AvgIpc) is 2.92. The summed E-state index contributed by atoms with van der Waals surface area (Å²) in [5.74, 6) is 0.841. The maximum atomic E-state index is 13.4. The summed E-state index contributed by atoms with van der Waals surface area (Å²) in [5.41, 5.74) is 3.50. The lowest BCUT2D eigenvalue weighted by Crippen LogP contribution is -2.32. The van der Waals surface area contributed by atoms with E-state index in [0.29, 0.717) is 23.7 Å². The highest BCUT2D eigenvalue weighted by Gasteiger charge is 2.33. The van der Waals surface area contributed by atoms with E-state index < -0.39 is 10.0 Å². The molecule has 4 nitrogen and oxygen atoms in total. The number of hydrogen-bond acceptors (Lipinski definition) is 3. The summed E-state index contributed by atoms with van der Waals surface area (Å²) in [5, 5.41) is 0.501. The summed E-state index contributed by atoms with van der Waals surface area (Å²) >= 11 is 6.27. The first-order valence-corrected chi connectivity index (χ1v) is 11.1. The monoisotopic (exact) mass is 415 g/mol. The Morgan fingerprint density at radius 3 is 2.64 bits per heavy atom. The molecule has 2 aromatic carbocycles. The molecule has 0 fully saturated rings. The van der Waals surface area contributed by atoms with Crippen LogP contribution in [-0.2, 0) is 14.8 Å². The molecule has 1 unspecified atom stereocenters. The van der Waals surface area contributed by atoms with Crippen LogP contribution in [0.5, 0.6) is 0 Å². The fraction of sp³-hybridized carbons (Fsp3) is 0.273. The zero-order valence-corrected chi connectivity index (χ0v) is 17.4. The maximum absolute atomic E-state index is 13.4. The van der Waals surface area contributed by atoms with Crippen molar-refractivity contribution in [3.05, 3.63) is 76.5 Å². The van der Waals surface area contributed by atoms with Crippen LogP contribution in [0.25, 0.3) is 5.57 Å². The van der Waals surface area contributed by atoms with E-state index in [1.54, 1.807) is 42.5 Å². The fourth-order valence-corrected chi connectivity index (χ4v) is 5.44. The Kier molecular flexibility index (Phi) is 4.98. The molecule has 0 radical (unpaired) electrons. The minimum atomic E-state index is -3.73. The second-order valence-corrected chi connectivity index (χ2v) is 9.45. The molecular weight excluding hydrogens is 394 g/mol. The molecule has 28 heavy (non-hydrogen) atoms. The minimum Gasteiger partial charge on any atom is -0.494 e. The second kappa shape index (κ2) is 7.30. The molecule has 146 valence electrons. The molecule has 2 heterocycles. The molecule has 0 amide bonds. The maximum Gasteiger partial charge on any atom is 0.264 e. The van der Waals surface area contributed by atoms with Crippen LogP contribution in [0.1, 0.15) is 32.3 Å². The molecule has 2 aliphatic rings. The van der Waals surface area contributed by atoms with E-state index in [1.165, 1.54) is 4.31 Å². The summed E-state index contributed by atoms with van der Waals surface area (Å²) < 4.78 is 34.5. The SMILES string of the molecule is CC1=CCC(C)OC2=C1c1ccc(Cl)cc1N(S(=O)(=O)c1ccccc1)CC2. The van der Waals surface area contributed by atoms with Gasteiger partial charge in [-0.1, -0.05) is 41.9 Å². The molecule has 0 saturated carbocycles. The Hall–Kier alpha value is -2.24. The van der Waals surface area contributed by atoms with Gasteiger partial charge in [-0.25, -0.2) is 8.42 Å². The number of ether oxygens (including phenoxy) is 1. The third kappa shape index (κ3) is 3.33. The van der Waals surface area contributed by atoms with Gasteiger partial charge in [0.25, 0.3) is 10.0 Å². The zero-order chi connectivity index (χ0) is 19.9. The number of rotatable bonds is 2. The van der Waals surface area contributed by atoms with Crippen molar-refractivity contribution in [2.45, 2.75) is 37.7 Å². The van der Waals surface area contributed by atoms with Crippen LogP contribution in [-0.4, -0.2) is 21.1 Å². The Morgan fingerprint density at radius 1 is 1.14 bits per heavy atom. The Bertz CT molecular complexity index is 1070. The molecule has 1 atom stereocenters. The summed E-state index contributed by atoms with van der Waals surface area (Å²) in [6.07, 6.45) is 3.54. The van der Waals surface area contributed by atoms with Crippen molar-refractivity contribution >= 4 is 32.9 Å². The van der Waals surface area contributed by atoms with Crippen LogP contribution in [0.2, 0.25) is 5.02 Å². The minimum absolute atomic E-state index is 0.0514. The molecular formula is C22H22ClNO3S. The van der Waals surface area contributed by atoms with Crippen molar-refractivity contribution in [2.24, 2.45) is 0 Å². The average molecular weight is 416 g/mol. The largest absolute Gasteiger partial charge is 0.494 e. The van der Waals surface area contributed by atoms with Crippen molar-refractivity contribution in [3.8, 4) is 0 Å². The Labute approximate surface area is 171 Å². The van der Waals surface area contributed by atoms with Gasteiger partial charge in [-0.2, -0.15) is 0 Å². The van der Waals surface area contributed by atoms with E-state index in [2.05, 4.69) is 13.0 Å². The molecule has 0 bridgehead atoms. The van der Waals surface area contributed by atoms with Crippen molar-refractivity contribution in [2.75, 3.05) is 10.8 Å². The van der Waals surface area contributed by atoms with Gasteiger partial charge in [0.2, 0.25) is 0 Å². The lowest BCUT2D eigenvalue weighted by molar-refractivity contribution is 0.131. The number of hydrogen-bond donors (Lipinski definition) is 0. The smallest absolute Gasteiger partial charge is 0.264 e. The predicted molar refractivity (Wildman–Crippen MR) is 113 cm³/mol. The van der Waals surface area contributed by atoms with Crippen LogP contribution in [0.15, 0.2) is 70.8 Å². The normalized spacial score (nSPS) is 19.8. The topological polar surface area (TPSA) is 46.6 Å². The number of benzene rings is 2. The van der Waals surface area contributed by atoms with Crippen LogP contribution >= 0.6 is 11.6 Å². The summed E-state index contributed by atoms with van der Waals surface area (Å²) in [6.45, 7) is 4.38. The van der Waals surface area contributed by atoms with Gasteiger partial charge < -0.3 is 4.74 Å². The first-order chi connectivity index (χ1) is 13.4. The van der Waals surface area contributed by atoms with Crippen molar-refractivity contribution in [1.82, 2.24) is 0 Å². The Balaban J connectivity index is 1.92. The molecule has 0 aromatic heterocycles. The summed E-state index contributed by atoms with van der Waals surface area (Å²) in [7, 11) is -3.73. The molecule has 6 heteroatoms. The highest BCUT2D eigenvalue weighted by atomic mass is 35.5. The second-order valence-electron chi connectivity index (χ2n) is 7.15. The van der Waals surface area contributed by atoms with Crippen molar-refractivity contribution in [3.63, 3.8) is 0 Å². The molecule has 2 aromatic rings. The zero-order valence-electron chi connectivity index (χ0n) is 15.9. The van der Waals surface area contributed by atoms with Crippen molar-refractivity contribution in [1.29, 1.82) is 0 Å². The molecule has 4 rings (SSSR count). The Morgan fingerprint density at radius 2 is 1.89 bits per heavy atom. The first kappa shape index (κ1) is 19.1. The van der Waals surface area contributed by atoms with Gasteiger partial charge in [0, 0.05) is 35.5 Å². The summed E-state index contributed by atoms with van der Waals surface area (Å²) in [6, 6.07) is 13.9. The highest BCUT2D eigenvalue weighted by molar-refractivity contribution is 7.92. The van der Waals surface area contributed by atoms with E-state index in [4.69, 9.17) is 16.3 Å². The molecule has 0 N–H and O–H groups in total. The van der Waals surface area contributed by atoms with Gasteiger partial charge in [-0.05, 0) is 43.7 Å². The van der Waals surface area contributed by atoms with Gasteiger partial charge in [0.05, 0.1) is 16.7 Å². The van der Waals surface area contributed by atoms with E-state index in [0.717, 1.165) is 28.9 Å². The molecule has 0 saturated heterocycles. The summed E-state index contributed by atoms with van der Waals surface area (Å²) in [4.78, 5) is 0.263. The van der Waals surface area contributed by atoms with Crippen molar-refractivity contribution < 1.29 is 13.2 Å². The lowest BCUT2D eigenvalue weighted by Gasteiger charge is -2.25. The standard InChI is InChI=1S/C22H22ClNO3S/c1-15-8-9-16(2)27-21-12-13-24(28(25,26)18-6-4-3-5-7-18)20-14-17(23)10-11-19(20)22(15)21/h3-8,10-11,14,16H,9,12-13H2,1-2H3. The molecule has 2 aliphatic heterocycles. The van der Waals surface area contributed by atoms with E-state index in [-0.39, 0.29) is 11.0 Å². The third-order valence-electron chi connectivity index (χ3n) is 5.14. The van der Waals surface area contributed by atoms with Crippen LogP contribution in [0.3, 0.4) is 0 Å². The molecule has 0 aliphatic carbocycles. The molecule has 0 spiro atoms. The van der Waals surface area contributed by atoms with Crippen LogP contribution in [0.4, 0.5) is 5.69 Å². The van der Waals surface area contributed by atoms with Crippen LogP contribution < -0.4 is 4.31 Å². The van der Waals surface area contributed by atoms with E-state index >= 15 is 0 Å². The first-order valence-electron chi connectivity index (χ1n) is 9.32. The number of anilines is 1. The van der Waals surface area contributed by atoms with Gasteiger partial charge in [-0.15, -0.1) is 0 Å². The number of nitrogens with zero attached hydrogens (tertiary/aromatic N) is 1. The van der Waals surface area contributed by atoms with Gasteiger partial charge in [-0.3, -0.25) is 4.31 Å². The highest BCUT2D eigenvalue weighted by Crippen LogP contribution is 2.43. The van der Waals surface area contributed by atoms with Crippen LogP contribution in [0, 0.1) is 0 Å². The van der Waals surface area contributed by atoms with E-state index in [1.807, 2.05) is 13.0 Å². The quantitative estimate of drug-likeness (QED) is 0.659. The number of fused-ring (bicyclic) bond motifs is 2. The third-order valence-corrected chi connectivity index (χ3v) is 7.21. The number of allylic oxidation sites excluding steroid dienone is 2. The lowest BCUT2D eigenvalue weighted by atomic mass is 9.96. The van der Waals surface area contributed by atoms with E-state index in [9.17, 15) is 8.42 Å². The number of sulfonamides is 1. The number of halogens is 1. The predicted octanol–water partition coefficient (Wildman–Crippen LogP) is 5.41. The fourth-order valence-electron chi connectivity index (χ4n) is 3.78. The van der Waals surface area contributed by atoms with Gasteiger partial charge >= 0.3 is 0 Å².